The molecule has 1 saturated heterocycles. The van der Waals surface area contributed by atoms with Crippen LogP contribution in [0.15, 0.2) is 24.3 Å². The van der Waals surface area contributed by atoms with Crippen molar-refractivity contribution in [2.24, 2.45) is 11.8 Å². The van der Waals surface area contributed by atoms with Crippen LogP contribution < -0.4 is 10.1 Å². The number of nitrogens with one attached hydrogen (secondary N) is 1. The highest BCUT2D eigenvalue weighted by Gasteiger charge is 2.59. The minimum Gasteiger partial charge on any atom is -0.497 e. The first kappa shape index (κ1) is 12.7. The second kappa shape index (κ2) is 4.63. The van der Waals surface area contributed by atoms with Gasteiger partial charge in [-0.1, -0.05) is 0 Å². The summed E-state index contributed by atoms with van der Waals surface area (Å²) < 4.78 is 5.02. The van der Waals surface area contributed by atoms with Gasteiger partial charge in [0, 0.05) is 5.69 Å². The number of imide groups is 1. The Morgan fingerprint density at radius 3 is 2.40 bits per heavy atom. The van der Waals surface area contributed by atoms with Crippen LogP contribution in [0.5, 0.6) is 5.75 Å². The van der Waals surface area contributed by atoms with Crippen LogP contribution in [0.1, 0.15) is 6.42 Å². The van der Waals surface area contributed by atoms with Gasteiger partial charge in [0.25, 0.3) is 0 Å². The van der Waals surface area contributed by atoms with Gasteiger partial charge in [-0.25, -0.2) is 0 Å². The van der Waals surface area contributed by atoms with Gasteiger partial charge in [0.05, 0.1) is 18.9 Å². The van der Waals surface area contributed by atoms with Crippen LogP contribution in [0.4, 0.5) is 5.69 Å². The van der Waals surface area contributed by atoms with Crippen LogP contribution >= 0.6 is 0 Å². The summed E-state index contributed by atoms with van der Waals surface area (Å²) in [5, 5.41) is 2.65. The fourth-order valence-corrected chi connectivity index (χ4v) is 2.42. The maximum Gasteiger partial charge on any atom is 0.244 e. The highest BCUT2D eigenvalue weighted by Crippen LogP contribution is 2.46. The fourth-order valence-electron chi connectivity index (χ4n) is 2.42. The minimum atomic E-state index is -0.377. The van der Waals surface area contributed by atoms with Gasteiger partial charge in [-0.3, -0.25) is 19.3 Å². The number of rotatable bonds is 4. The Balaban J connectivity index is 1.59. The molecule has 20 heavy (non-hydrogen) atoms. The molecule has 1 aliphatic carbocycles. The van der Waals surface area contributed by atoms with E-state index in [9.17, 15) is 14.4 Å². The lowest BCUT2D eigenvalue weighted by atomic mass is 10.3. The number of fused-ring (bicyclic) bond motifs is 1. The van der Waals surface area contributed by atoms with Crippen molar-refractivity contribution in [3.05, 3.63) is 24.3 Å². The quantitative estimate of drug-likeness (QED) is 0.817. The fraction of sp³-hybridized carbons (Fsp3) is 0.357. The van der Waals surface area contributed by atoms with Crippen LogP contribution in [0, 0.1) is 11.8 Å². The van der Waals surface area contributed by atoms with Gasteiger partial charge >= 0.3 is 0 Å². The van der Waals surface area contributed by atoms with Crippen molar-refractivity contribution in [1.29, 1.82) is 0 Å². The van der Waals surface area contributed by atoms with E-state index in [1.807, 2.05) is 0 Å². The summed E-state index contributed by atoms with van der Waals surface area (Å²) in [6, 6.07) is 6.83. The van der Waals surface area contributed by atoms with Crippen molar-refractivity contribution >= 4 is 23.4 Å². The predicted octanol–water partition coefficient (Wildman–Crippen LogP) is 0.639. The number of methoxy groups -OCH3 is 1. The number of piperidine rings is 1. The molecule has 2 aliphatic rings. The Morgan fingerprint density at radius 2 is 1.85 bits per heavy atom. The number of anilines is 1. The molecule has 104 valence electrons. The van der Waals surface area contributed by atoms with Gasteiger partial charge in [0.2, 0.25) is 17.7 Å². The van der Waals surface area contributed by atoms with E-state index in [0.717, 1.165) is 4.90 Å². The molecule has 1 N–H and O–H groups in total. The summed E-state index contributed by atoms with van der Waals surface area (Å²) in [5.41, 5.74) is 0.597. The van der Waals surface area contributed by atoms with Crippen molar-refractivity contribution in [3.63, 3.8) is 0 Å². The second-order valence-electron chi connectivity index (χ2n) is 4.99. The molecule has 1 aromatic rings. The van der Waals surface area contributed by atoms with Gasteiger partial charge in [-0.15, -0.1) is 0 Å². The molecule has 3 rings (SSSR count). The summed E-state index contributed by atoms with van der Waals surface area (Å²) in [5.74, 6) is -0.464. The SMILES string of the molecule is COc1ccc(NC(=O)CN2C(=O)C3CC3C2=O)cc1. The van der Waals surface area contributed by atoms with Gasteiger partial charge in [0.1, 0.15) is 12.3 Å². The standard InChI is InChI=1S/C14H14N2O4/c1-20-9-4-2-8(3-5-9)15-12(17)7-16-13(18)10-6-11(10)14(16)19/h2-5,10-11H,6-7H2,1H3,(H,15,17). The zero-order valence-electron chi connectivity index (χ0n) is 11.0. The molecule has 1 aromatic carbocycles. The number of amides is 3. The molecule has 0 aromatic heterocycles. The predicted molar refractivity (Wildman–Crippen MR) is 69.9 cm³/mol. The number of benzene rings is 1. The maximum atomic E-state index is 11.8. The van der Waals surface area contributed by atoms with Crippen LogP contribution in [-0.4, -0.2) is 36.3 Å². The Labute approximate surface area is 115 Å². The highest BCUT2D eigenvalue weighted by molar-refractivity contribution is 6.11. The first-order valence-electron chi connectivity index (χ1n) is 6.39. The molecule has 1 saturated carbocycles. The largest absolute Gasteiger partial charge is 0.497 e. The Bertz CT molecular complexity index is 561. The van der Waals surface area contributed by atoms with E-state index in [0.29, 0.717) is 17.9 Å². The third kappa shape index (κ3) is 2.13. The molecule has 0 radical (unpaired) electrons. The van der Waals surface area contributed by atoms with Crippen molar-refractivity contribution in [1.82, 2.24) is 4.90 Å². The summed E-state index contributed by atoms with van der Waals surface area (Å²) in [6.45, 7) is -0.212. The van der Waals surface area contributed by atoms with Gasteiger partial charge in [0.15, 0.2) is 0 Å². The molecule has 0 bridgehead atoms. The van der Waals surface area contributed by atoms with E-state index >= 15 is 0 Å². The Hall–Kier alpha value is -2.37. The second-order valence-corrected chi connectivity index (χ2v) is 4.99. The molecule has 2 fully saturated rings. The molecule has 2 atom stereocenters. The van der Waals surface area contributed by atoms with Crippen LogP contribution in [0.3, 0.4) is 0 Å². The third-order valence-electron chi connectivity index (χ3n) is 3.63. The van der Waals surface area contributed by atoms with Crippen LogP contribution in [0.2, 0.25) is 0 Å². The lowest BCUT2D eigenvalue weighted by molar-refractivity contribution is -0.143. The lowest BCUT2D eigenvalue weighted by Crippen LogP contribution is -2.39. The van der Waals surface area contributed by atoms with Gasteiger partial charge in [-0.2, -0.15) is 0 Å². The summed E-state index contributed by atoms with van der Waals surface area (Å²) in [7, 11) is 1.56. The average Bonchev–Trinajstić information content (AvgIpc) is 3.20. The average molecular weight is 274 g/mol. The molecule has 6 heteroatoms. The number of carbonyl (C=O) groups is 3. The van der Waals surface area contributed by atoms with Crippen molar-refractivity contribution in [2.75, 3.05) is 19.0 Å². The normalized spacial score (nSPS) is 23.6. The molecule has 3 amide bonds. The number of carbonyl (C=O) groups excluding carboxylic acids is 3. The van der Waals surface area contributed by atoms with E-state index in [1.54, 1.807) is 31.4 Å². The Kier molecular flexibility index (Phi) is 2.93. The monoisotopic (exact) mass is 274 g/mol. The molecule has 1 heterocycles. The minimum absolute atomic E-state index is 0.170. The van der Waals surface area contributed by atoms with Gasteiger partial charge in [-0.05, 0) is 30.7 Å². The molecular formula is C14H14N2O4. The summed E-state index contributed by atoms with van der Waals surface area (Å²) in [4.78, 5) is 36.4. The molecular weight excluding hydrogens is 260 g/mol. The Morgan fingerprint density at radius 1 is 1.25 bits per heavy atom. The smallest absolute Gasteiger partial charge is 0.244 e. The zero-order valence-corrected chi connectivity index (χ0v) is 11.0. The molecule has 1 aliphatic heterocycles. The third-order valence-corrected chi connectivity index (χ3v) is 3.63. The van der Waals surface area contributed by atoms with Crippen molar-refractivity contribution in [2.45, 2.75) is 6.42 Å². The number of nitrogens with zero attached hydrogens (tertiary/aromatic N) is 1. The van der Waals surface area contributed by atoms with E-state index in [4.69, 9.17) is 4.74 Å². The van der Waals surface area contributed by atoms with Crippen LogP contribution in [0.25, 0.3) is 0 Å². The number of likely N-dealkylation sites (tertiary alicyclic amines) is 1. The number of ether oxygens (including phenoxy) is 1. The first-order chi connectivity index (χ1) is 9.60. The lowest BCUT2D eigenvalue weighted by Gasteiger charge is -2.15. The molecule has 0 spiro atoms. The van der Waals surface area contributed by atoms with Crippen molar-refractivity contribution in [3.8, 4) is 5.75 Å². The topological polar surface area (TPSA) is 75.7 Å². The molecule has 6 nitrogen and oxygen atoms in total. The molecule has 2 unspecified atom stereocenters. The number of hydrogen-bond donors (Lipinski definition) is 1. The van der Waals surface area contributed by atoms with Gasteiger partial charge < -0.3 is 10.1 Å². The van der Waals surface area contributed by atoms with E-state index in [-0.39, 0.29) is 36.1 Å². The van der Waals surface area contributed by atoms with Crippen molar-refractivity contribution < 1.29 is 19.1 Å². The summed E-state index contributed by atoms with van der Waals surface area (Å²) >= 11 is 0. The zero-order chi connectivity index (χ0) is 14.3. The van der Waals surface area contributed by atoms with E-state index < -0.39 is 0 Å². The van der Waals surface area contributed by atoms with E-state index in [1.165, 1.54) is 0 Å². The first-order valence-corrected chi connectivity index (χ1v) is 6.39. The highest BCUT2D eigenvalue weighted by atomic mass is 16.5. The number of hydrogen-bond acceptors (Lipinski definition) is 4. The van der Waals surface area contributed by atoms with Crippen LogP contribution in [-0.2, 0) is 14.4 Å². The maximum absolute atomic E-state index is 11.8. The summed E-state index contributed by atoms with van der Waals surface area (Å²) in [6.07, 6.45) is 0.647. The van der Waals surface area contributed by atoms with E-state index in [2.05, 4.69) is 5.32 Å².